The van der Waals surface area contributed by atoms with Crippen LogP contribution in [0.15, 0.2) is 4.99 Å². The maximum atomic E-state index is 10.7. The van der Waals surface area contributed by atoms with Gasteiger partial charge in [0.2, 0.25) is 5.12 Å². The lowest BCUT2D eigenvalue weighted by atomic mass is 10.3. The Kier molecular flexibility index (Phi) is 1.66. The number of carbonyl (C=O) groups excluding carboxylic acids is 1. The van der Waals surface area contributed by atoms with Crippen LogP contribution in [-0.2, 0) is 4.79 Å². The number of rotatable bonds is 0. The van der Waals surface area contributed by atoms with Gasteiger partial charge in [-0.3, -0.25) is 9.79 Å². The highest BCUT2D eigenvalue weighted by molar-refractivity contribution is 8.17. The zero-order chi connectivity index (χ0) is 6.85. The number of hydrogen-bond acceptors (Lipinski definition) is 4. The minimum atomic E-state index is -0.0671. The molecule has 1 heterocycles. The van der Waals surface area contributed by atoms with E-state index in [1.165, 1.54) is 7.05 Å². The van der Waals surface area contributed by atoms with Gasteiger partial charge < -0.3 is 5.41 Å². The first-order chi connectivity index (χ1) is 4.25. The summed E-state index contributed by atoms with van der Waals surface area (Å²) >= 11 is 1.14. The second kappa shape index (κ2) is 2.31. The first-order valence-electron chi connectivity index (χ1n) is 2.47. The van der Waals surface area contributed by atoms with Gasteiger partial charge in [-0.1, -0.05) is 11.8 Å². The lowest BCUT2D eigenvalue weighted by Crippen LogP contribution is -2.12. The Morgan fingerprint density at radius 3 is 2.67 bits per heavy atom. The summed E-state index contributed by atoms with van der Waals surface area (Å²) < 4.78 is 0. The lowest BCUT2D eigenvalue weighted by Gasteiger charge is -1.85. The van der Waals surface area contributed by atoms with Crippen molar-refractivity contribution in [2.45, 2.75) is 0 Å². The molecule has 1 aliphatic rings. The molecule has 0 spiro atoms. The molecule has 0 amide bonds. The molecule has 1 rings (SSSR count). The molecule has 0 bridgehead atoms. The van der Waals surface area contributed by atoms with Crippen LogP contribution in [0.4, 0.5) is 0 Å². The predicted molar refractivity (Wildman–Crippen MR) is 38.6 cm³/mol. The van der Waals surface area contributed by atoms with Crippen LogP contribution in [0, 0.1) is 5.41 Å². The summed E-state index contributed by atoms with van der Waals surface area (Å²) in [6.07, 6.45) is 0. The number of nitrogens with zero attached hydrogens (tertiary/aromatic N) is 1. The Bertz CT molecular complexity index is 179. The molecule has 0 radical (unpaired) electrons. The van der Waals surface area contributed by atoms with Gasteiger partial charge >= 0.3 is 0 Å². The van der Waals surface area contributed by atoms with E-state index in [1.54, 1.807) is 0 Å². The van der Waals surface area contributed by atoms with E-state index < -0.39 is 0 Å². The molecule has 1 saturated heterocycles. The minimum Gasteiger partial charge on any atom is -0.302 e. The predicted octanol–water partition coefficient (Wildman–Crippen LogP) is 0.350. The van der Waals surface area contributed by atoms with Crippen LogP contribution < -0.4 is 0 Å². The summed E-state index contributed by atoms with van der Waals surface area (Å²) in [6.45, 7) is 0. The topological polar surface area (TPSA) is 53.3 Å². The quantitative estimate of drug-likeness (QED) is 0.530. The van der Waals surface area contributed by atoms with E-state index in [4.69, 9.17) is 5.41 Å². The van der Waals surface area contributed by atoms with E-state index in [0.717, 1.165) is 11.8 Å². The van der Waals surface area contributed by atoms with Crippen LogP contribution in [0.3, 0.4) is 0 Å². The number of thioether (sulfide) groups is 1. The van der Waals surface area contributed by atoms with Gasteiger partial charge in [0.15, 0.2) is 0 Å². The van der Waals surface area contributed by atoms with Gasteiger partial charge in [-0.05, 0) is 0 Å². The van der Waals surface area contributed by atoms with Crippen LogP contribution in [0.2, 0.25) is 0 Å². The van der Waals surface area contributed by atoms with Crippen molar-refractivity contribution in [2.75, 3.05) is 12.8 Å². The Hall–Kier alpha value is -0.640. The molecule has 0 aromatic rings. The van der Waals surface area contributed by atoms with Gasteiger partial charge in [0, 0.05) is 12.8 Å². The molecule has 0 saturated carbocycles. The normalized spacial score (nSPS) is 23.9. The van der Waals surface area contributed by atoms with E-state index in [9.17, 15) is 4.79 Å². The molecule has 1 fully saturated rings. The van der Waals surface area contributed by atoms with Crippen molar-refractivity contribution >= 4 is 28.3 Å². The molecule has 48 valence electrons. The molecule has 0 aromatic carbocycles. The van der Waals surface area contributed by atoms with E-state index in [0.29, 0.717) is 17.2 Å². The average molecular weight is 142 g/mol. The fourth-order valence-corrected chi connectivity index (χ4v) is 1.39. The van der Waals surface area contributed by atoms with E-state index in [1.807, 2.05) is 0 Å². The number of nitrogens with one attached hydrogen (secondary N) is 1. The van der Waals surface area contributed by atoms with Crippen molar-refractivity contribution in [2.24, 2.45) is 4.99 Å². The maximum absolute atomic E-state index is 10.7. The number of aliphatic imine (C=N–C) groups is 1. The smallest absolute Gasteiger partial charge is 0.239 e. The first-order valence-corrected chi connectivity index (χ1v) is 3.46. The van der Waals surface area contributed by atoms with Crippen molar-refractivity contribution in [1.82, 2.24) is 0 Å². The lowest BCUT2D eigenvalue weighted by molar-refractivity contribution is -0.105. The average Bonchev–Trinajstić information content (AvgIpc) is 2.12. The van der Waals surface area contributed by atoms with Gasteiger partial charge in [0.05, 0.1) is 5.71 Å². The Morgan fingerprint density at radius 1 is 1.78 bits per heavy atom. The largest absolute Gasteiger partial charge is 0.302 e. The summed E-state index contributed by atoms with van der Waals surface area (Å²) in [5.74, 6) is 0.492. The molecule has 9 heavy (non-hydrogen) atoms. The maximum Gasteiger partial charge on any atom is 0.239 e. The third-order valence-corrected chi connectivity index (χ3v) is 1.94. The number of carbonyl (C=O) groups is 1. The molecular formula is C5H6N2OS. The summed E-state index contributed by atoms with van der Waals surface area (Å²) in [5, 5.41) is 7.10. The molecule has 0 unspecified atom stereocenters. The highest BCUT2D eigenvalue weighted by atomic mass is 32.2. The van der Waals surface area contributed by atoms with Crippen molar-refractivity contribution in [3.8, 4) is 0 Å². The minimum absolute atomic E-state index is 0.0671. The molecule has 1 aliphatic heterocycles. The zero-order valence-corrected chi connectivity index (χ0v) is 5.79. The zero-order valence-electron chi connectivity index (χ0n) is 4.97. The van der Waals surface area contributed by atoms with Crippen LogP contribution in [0.5, 0.6) is 0 Å². The standard InChI is InChI=1S/C5H6N2OS/c1-7-4-3(6)2-9-5(4)8/h6H,2H2,1H3. The summed E-state index contributed by atoms with van der Waals surface area (Å²) in [6, 6.07) is 0. The van der Waals surface area contributed by atoms with E-state index >= 15 is 0 Å². The third kappa shape index (κ3) is 1.03. The second-order valence-electron chi connectivity index (χ2n) is 1.63. The van der Waals surface area contributed by atoms with Crippen LogP contribution in [0.25, 0.3) is 0 Å². The molecule has 1 N–H and O–H groups in total. The molecule has 0 aromatic heterocycles. The van der Waals surface area contributed by atoms with E-state index in [2.05, 4.69) is 4.99 Å². The van der Waals surface area contributed by atoms with Gasteiger partial charge in [0.1, 0.15) is 5.71 Å². The first kappa shape index (κ1) is 6.48. The fraction of sp³-hybridized carbons (Fsp3) is 0.400. The van der Waals surface area contributed by atoms with Crippen LogP contribution in [-0.4, -0.2) is 29.3 Å². The third-order valence-electron chi connectivity index (χ3n) is 1.05. The highest BCUT2D eigenvalue weighted by Crippen LogP contribution is 2.13. The van der Waals surface area contributed by atoms with Crippen molar-refractivity contribution in [3.05, 3.63) is 0 Å². The number of hydrogen-bond donors (Lipinski definition) is 1. The summed E-state index contributed by atoms with van der Waals surface area (Å²) in [7, 11) is 1.54. The monoisotopic (exact) mass is 142 g/mol. The van der Waals surface area contributed by atoms with Crippen LogP contribution in [0.1, 0.15) is 0 Å². The molecule has 4 heteroatoms. The van der Waals surface area contributed by atoms with Crippen molar-refractivity contribution < 1.29 is 4.79 Å². The Labute approximate surface area is 57.1 Å². The van der Waals surface area contributed by atoms with Gasteiger partial charge in [0.25, 0.3) is 0 Å². The molecule has 0 aliphatic carbocycles. The van der Waals surface area contributed by atoms with Crippen LogP contribution >= 0.6 is 11.8 Å². The SMILES string of the molecule is CN=C1C(=N)CSC1=O. The van der Waals surface area contributed by atoms with Gasteiger partial charge in [-0.2, -0.15) is 0 Å². The second-order valence-corrected chi connectivity index (χ2v) is 2.58. The van der Waals surface area contributed by atoms with E-state index in [-0.39, 0.29) is 5.12 Å². The highest BCUT2D eigenvalue weighted by Gasteiger charge is 2.24. The summed E-state index contributed by atoms with van der Waals surface area (Å²) in [5.41, 5.74) is 0.688. The van der Waals surface area contributed by atoms with Crippen molar-refractivity contribution in [3.63, 3.8) is 0 Å². The molecular weight excluding hydrogens is 136 g/mol. The van der Waals surface area contributed by atoms with Crippen molar-refractivity contribution in [1.29, 1.82) is 5.41 Å². The van der Waals surface area contributed by atoms with Gasteiger partial charge in [-0.25, -0.2) is 0 Å². The fourth-order valence-electron chi connectivity index (χ4n) is 0.624. The molecule has 0 atom stereocenters. The van der Waals surface area contributed by atoms with Gasteiger partial charge in [-0.15, -0.1) is 0 Å². The summed E-state index contributed by atoms with van der Waals surface area (Å²) in [4.78, 5) is 14.4. The molecule has 3 nitrogen and oxygen atoms in total. The Balaban J connectivity index is 2.91. The Morgan fingerprint density at radius 2 is 2.44 bits per heavy atom.